The van der Waals surface area contributed by atoms with Gasteiger partial charge in [-0.1, -0.05) is 11.6 Å². The van der Waals surface area contributed by atoms with E-state index in [1.807, 2.05) is 6.07 Å². The van der Waals surface area contributed by atoms with E-state index >= 15 is 0 Å². The zero-order chi connectivity index (χ0) is 13.3. The normalized spacial score (nSPS) is 20.9. The van der Waals surface area contributed by atoms with Crippen molar-refractivity contribution in [2.24, 2.45) is 5.41 Å². The van der Waals surface area contributed by atoms with Crippen molar-refractivity contribution in [2.45, 2.75) is 6.42 Å². The lowest BCUT2D eigenvalue weighted by atomic mass is 9.78. The number of benzene rings is 1. The second-order valence-corrected chi connectivity index (χ2v) is 6.00. The zero-order valence-corrected chi connectivity index (χ0v) is 11.7. The molecule has 19 heavy (non-hydrogen) atoms. The van der Waals surface area contributed by atoms with E-state index < -0.39 is 0 Å². The molecule has 2 aliphatic rings. The van der Waals surface area contributed by atoms with Gasteiger partial charge in [0.2, 0.25) is 0 Å². The van der Waals surface area contributed by atoms with E-state index in [4.69, 9.17) is 26.8 Å². The Balaban J connectivity index is 1.35. The molecule has 2 saturated heterocycles. The van der Waals surface area contributed by atoms with Gasteiger partial charge in [0.25, 0.3) is 0 Å². The summed E-state index contributed by atoms with van der Waals surface area (Å²) in [4.78, 5) is 2.45. The van der Waals surface area contributed by atoms with Crippen LogP contribution in [0.3, 0.4) is 0 Å². The molecule has 0 aliphatic carbocycles. The van der Waals surface area contributed by atoms with Crippen LogP contribution in [0.4, 0.5) is 5.69 Å². The van der Waals surface area contributed by atoms with Gasteiger partial charge in [-0.25, -0.2) is 0 Å². The maximum atomic E-state index is 6.04. The van der Waals surface area contributed by atoms with Crippen LogP contribution in [0.1, 0.15) is 6.42 Å². The third kappa shape index (κ3) is 2.81. The first kappa shape index (κ1) is 13.0. The van der Waals surface area contributed by atoms with Crippen LogP contribution in [0.2, 0.25) is 5.02 Å². The van der Waals surface area contributed by atoms with E-state index in [1.165, 1.54) is 13.1 Å². The zero-order valence-electron chi connectivity index (χ0n) is 10.9. The first-order chi connectivity index (χ1) is 9.17. The smallest absolute Gasteiger partial charge is 0.138 e. The van der Waals surface area contributed by atoms with Crippen molar-refractivity contribution in [3.63, 3.8) is 0 Å². The van der Waals surface area contributed by atoms with Crippen LogP contribution in [0.15, 0.2) is 18.2 Å². The number of nitrogen functional groups attached to an aromatic ring is 1. The SMILES string of the molecule is Nc1ccc(OCCCN2CC3(COC3)C2)c(Cl)c1. The number of nitrogens with two attached hydrogens (primary N) is 1. The van der Waals surface area contributed by atoms with Gasteiger partial charge in [-0.2, -0.15) is 0 Å². The molecule has 0 radical (unpaired) electrons. The minimum absolute atomic E-state index is 0.501. The molecular weight excluding hydrogens is 264 g/mol. The molecule has 2 N–H and O–H groups in total. The quantitative estimate of drug-likeness (QED) is 0.663. The third-order valence-electron chi connectivity index (χ3n) is 3.77. The number of anilines is 1. The molecule has 1 aromatic carbocycles. The molecule has 0 bridgehead atoms. The lowest BCUT2D eigenvalue weighted by Crippen LogP contribution is -2.65. The summed E-state index contributed by atoms with van der Waals surface area (Å²) in [6.45, 7) is 6.01. The number of nitrogens with zero attached hydrogens (tertiary/aromatic N) is 1. The fraction of sp³-hybridized carbons (Fsp3) is 0.571. The number of hydrogen-bond acceptors (Lipinski definition) is 4. The largest absolute Gasteiger partial charge is 0.492 e. The average molecular weight is 283 g/mol. The maximum absolute atomic E-state index is 6.04. The Morgan fingerprint density at radius 3 is 2.79 bits per heavy atom. The van der Waals surface area contributed by atoms with Crippen LogP contribution in [0.25, 0.3) is 0 Å². The molecular formula is C14H19ClN2O2. The first-order valence-corrected chi connectivity index (χ1v) is 7.03. The molecule has 5 heteroatoms. The van der Waals surface area contributed by atoms with Gasteiger partial charge in [0, 0.05) is 30.7 Å². The number of ether oxygens (including phenoxy) is 2. The van der Waals surface area contributed by atoms with Gasteiger partial charge in [0.1, 0.15) is 5.75 Å². The summed E-state index contributed by atoms with van der Waals surface area (Å²) in [5.41, 5.74) is 6.79. The van der Waals surface area contributed by atoms with Crippen molar-refractivity contribution in [1.82, 2.24) is 4.90 Å². The lowest BCUT2D eigenvalue weighted by Gasteiger charge is -2.55. The molecule has 3 rings (SSSR count). The van der Waals surface area contributed by atoms with E-state index in [1.54, 1.807) is 12.1 Å². The predicted octanol–water partition coefficient (Wildman–Crippen LogP) is 2.02. The molecule has 104 valence electrons. The number of rotatable bonds is 5. The van der Waals surface area contributed by atoms with Crippen LogP contribution in [-0.4, -0.2) is 44.4 Å². The molecule has 2 heterocycles. The fourth-order valence-corrected chi connectivity index (χ4v) is 2.98. The highest BCUT2D eigenvalue weighted by molar-refractivity contribution is 6.32. The highest BCUT2D eigenvalue weighted by Crippen LogP contribution is 2.37. The van der Waals surface area contributed by atoms with Crippen LogP contribution in [0.5, 0.6) is 5.75 Å². The molecule has 1 aromatic rings. The molecule has 0 amide bonds. The molecule has 0 aromatic heterocycles. The van der Waals surface area contributed by atoms with Crippen molar-refractivity contribution in [3.05, 3.63) is 23.2 Å². The maximum Gasteiger partial charge on any atom is 0.138 e. The minimum Gasteiger partial charge on any atom is -0.492 e. The van der Waals surface area contributed by atoms with Crippen molar-refractivity contribution < 1.29 is 9.47 Å². The molecule has 4 nitrogen and oxygen atoms in total. The van der Waals surface area contributed by atoms with E-state index in [0.717, 1.165) is 26.2 Å². The summed E-state index contributed by atoms with van der Waals surface area (Å²) in [7, 11) is 0. The molecule has 1 spiro atoms. The van der Waals surface area contributed by atoms with Crippen molar-refractivity contribution in [3.8, 4) is 5.75 Å². The van der Waals surface area contributed by atoms with Crippen molar-refractivity contribution in [2.75, 3.05) is 45.2 Å². The highest BCUT2D eigenvalue weighted by atomic mass is 35.5. The second-order valence-electron chi connectivity index (χ2n) is 5.60. The lowest BCUT2D eigenvalue weighted by molar-refractivity contribution is -0.189. The van der Waals surface area contributed by atoms with Crippen LogP contribution in [0, 0.1) is 5.41 Å². The highest BCUT2D eigenvalue weighted by Gasteiger charge is 2.48. The molecule has 0 atom stereocenters. The number of hydrogen-bond donors (Lipinski definition) is 1. The fourth-order valence-electron chi connectivity index (χ4n) is 2.74. The standard InChI is InChI=1S/C14H19ClN2O2/c15-12-6-11(16)2-3-13(12)19-5-1-4-17-7-14(8-17)9-18-10-14/h2-3,6H,1,4-5,7-10,16H2. The number of halogens is 1. The predicted molar refractivity (Wildman–Crippen MR) is 75.7 cm³/mol. The van der Waals surface area contributed by atoms with Gasteiger partial charge in [-0.15, -0.1) is 0 Å². The van der Waals surface area contributed by atoms with Gasteiger partial charge >= 0.3 is 0 Å². The van der Waals surface area contributed by atoms with E-state index in [-0.39, 0.29) is 0 Å². The van der Waals surface area contributed by atoms with E-state index in [9.17, 15) is 0 Å². The third-order valence-corrected chi connectivity index (χ3v) is 4.06. The average Bonchev–Trinajstić information content (AvgIpc) is 2.26. The Bertz CT molecular complexity index is 455. The molecule has 0 saturated carbocycles. The summed E-state index contributed by atoms with van der Waals surface area (Å²) in [5.74, 6) is 0.711. The van der Waals surface area contributed by atoms with Crippen LogP contribution >= 0.6 is 11.6 Å². The van der Waals surface area contributed by atoms with Gasteiger partial charge in [-0.3, -0.25) is 0 Å². The summed E-state index contributed by atoms with van der Waals surface area (Å²) in [6, 6.07) is 5.34. The Hall–Kier alpha value is -0.970. The Labute approximate surface area is 118 Å². The van der Waals surface area contributed by atoms with Gasteiger partial charge in [-0.05, 0) is 24.6 Å². The number of likely N-dealkylation sites (tertiary alicyclic amines) is 1. The van der Waals surface area contributed by atoms with Gasteiger partial charge in [0.15, 0.2) is 0 Å². The van der Waals surface area contributed by atoms with Gasteiger partial charge in [0.05, 0.1) is 24.8 Å². The van der Waals surface area contributed by atoms with Crippen LogP contribution < -0.4 is 10.5 Å². The first-order valence-electron chi connectivity index (χ1n) is 6.65. The molecule has 2 fully saturated rings. The van der Waals surface area contributed by atoms with Crippen molar-refractivity contribution in [1.29, 1.82) is 0 Å². The topological polar surface area (TPSA) is 47.7 Å². The second kappa shape index (κ2) is 5.19. The van der Waals surface area contributed by atoms with E-state index in [0.29, 0.717) is 28.5 Å². The van der Waals surface area contributed by atoms with Gasteiger partial charge < -0.3 is 20.1 Å². The van der Waals surface area contributed by atoms with Crippen molar-refractivity contribution >= 4 is 17.3 Å². The summed E-state index contributed by atoms with van der Waals surface area (Å²) >= 11 is 6.04. The summed E-state index contributed by atoms with van der Waals surface area (Å²) in [6.07, 6.45) is 1.01. The summed E-state index contributed by atoms with van der Waals surface area (Å²) in [5, 5.41) is 0.578. The molecule has 0 unspecified atom stereocenters. The van der Waals surface area contributed by atoms with Crippen LogP contribution in [-0.2, 0) is 4.74 Å². The Kier molecular flexibility index (Phi) is 3.56. The summed E-state index contributed by atoms with van der Waals surface area (Å²) < 4.78 is 10.9. The monoisotopic (exact) mass is 282 g/mol. The Morgan fingerprint density at radius 1 is 1.37 bits per heavy atom. The Morgan fingerprint density at radius 2 is 2.16 bits per heavy atom. The molecule has 2 aliphatic heterocycles. The van der Waals surface area contributed by atoms with E-state index in [2.05, 4.69) is 4.90 Å². The minimum atomic E-state index is 0.501.